The first-order chi connectivity index (χ1) is 11.8. The number of hydrogen-bond donors (Lipinski definition) is 1. The molecule has 1 heterocycles. The van der Waals surface area contributed by atoms with E-state index < -0.39 is 0 Å². The second-order valence-corrected chi connectivity index (χ2v) is 6.18. The van der Waals surface area contributed by atoms with E-state index in [1.165, 1.54) is 23.8 Å². The van der Waals surface area contributed by atoms with E-state index in [-0.39, 0.29) is 6.09 Å². The Balaban J connectivity index is 1.54. The molecule has 4 nitrogen and oxygen atoms in total. The molecule has 1 saturated heterocycles. The number of amides is 1. The third kappa shape index (κ3) is 4.15. The van der Waals surface area contributed by atoms with Crippen LogP contribution in [0.15, 0.2) is 54.6 Å². The highest BCUT2D eigenvalue weighted by atomic mass is 16.5. The summed E-state index contributed by atoms with van der Waals surface area (Å²) in [6.07, 6.45) is 1.71. The summed E-state index contributed by atoms with van der Waals surface area (Å²) in [6, 6.07) is 19.5. The summed E-state index contributed by atoms with van der Waals surface area (Å²) in [6.45, 7) is 2.37. The summed E-state index contributed by atoms with van der Waals surface area (Å²) in [5.41, 5.74) is 3.77. The number of ether oxygens (including phenoxy) is 1. The van der Waals surface area contributed by atoms with Crippen LogP contribution in [0.4, 0.5) is 4.79 Å². The fourth-order valence-electron chi connectivity index (χ4n) is 3.15. The molecule has 24 heavy (non-hydrogen) atoms. The summed E-state index contributed by atoms with van der Waals surface area (Å²) in [4.78, 5) is 13.3. The molecule has 0 radical (unpaired) electrons. The third-order valence-electron chi connectivity index (χ3n) is 4.56. The van der Waals surface area contributed by atoms with Gasteiger partial charge in [-0.25, -0.2) is 4.79 Å². The standard InChI is InChI=1S/C20H24N2O2/c1-24-20(23)22-12-10-19(11-13-22)21-15-16-6-5-9-18(14-16)17-7-3-2-4-8-17/h2-9,14,19,21H,10-13,15H2,1H3. The van der Waals surface area contributed by atoms with E-state index in [2.05, 4.69) is 53.8 Å². The molecule has 3 rings (SSSR count). The van der Waals surface area contributed by atoms with Gasteiger partial charge in [0.05, 0.1) is 7.11 Å². The van der Waals surface area contributed by atoms with Gasteiger partial charge in [-0.15, -0.1) is 0 Å². The quantitative estimate of drug-likeness (QED) is 0.933. The summed E-state index contributed by atoms with van der Waals surface area (Å²) < 4.78 is 4.78. The van der Waals surface area contributed by atoms with Crippen molar-refractivity contribution in [1.82, 2.24) is 10.2 Å². The minimum absolute atomic E-state index is 0.219. The maximum atomic E-state index is 11.5. The molecule has 1 aliphatic rings. The molecule has 0 spiro atoms. The third-order valence-corrected chi connectivity index (χ3v) is 4.56. The maximum Gasteiger partial charge on any atom is 0.409 e. The lowest BCUT2D eigenvalue weighted by Crippen LogP contribution is -2.44. The van der Waals surface area contributed by atoms with Gasteiger partial charge < -0.3 is 15.0 Å². The van der Waals surface area contributed by atoms with Crippen LogP contribution in [0, 0.1) is 0 Å². The molecule has 0 atom stereocenters. The number of methoxy groups -OCH3 is 1. The molecule has 1 amide bonds. The number of hydrogen-bond acceptors (Lipinski definition) is 3. The van der Waals surface area contributed by atoms with E-state index in [1.807, 2.05) is 6.07 Å². The monoisotopic (exact) mass is 324 g/mol. The SMILES string of the molecule is COC(=O)N1CCC(NCc2cccc(-c3ccccc3)c2)CC1. The summed E-state index contributed by atoms with van der Waals surface area (Å²) in [5.74, 6) is 0. The summed E-state index contributed by atoms with van der Waals surface area (Å²) in [7, 11) is 1.44. The highest BCUT2D eigenvalue weighted by molar-refractivity contribution is 5.67. The largest absolute Gasteiger partial charge is 0.453 e. The van der Waals surface area contributed by atoms with Gasteiger partial charge in [-0.3, -0.25) is 0 Å². The number of nitrogens with zero attached hydrogens (tertiary/aromatic N) is 1. The van der Waals surface area contributed by atoms with Gasteiger partial charge in [0.15, 0.2) is 0 Å². The minimum Gasteiger partial charge on any atom is -0.453 e. The van der Waals surface area contributed by atoms with E-state index in [0.717, 1.165) is 32.5 Å². The van der Waals surface area contributed by atoms with Crippen molar-refractivity contribution in [2.75, 3.05) is 20.2 Å². The minimum atomic E-state index is -0.219. The van der Waals surface area contributed by atoms with E-state index in [9.17, 15) is 4.79 Å². The number of rotatable bonds is 4. The Morgan fingerprint density at radius 3 is 2.50 bits per heavy atom. The molecule has 0 unspecified atom stereocenters. The van der Waals surface area contributed by atoms with Crippen molar-refractivity contribution >= 4 is 6.09 Å². The Hall–Kier alpha value is -2.33. The first-order valence-corrected chi connectivity index (χ1v) is 8.47. The van der Waals surface area contributed by atoms with Crippen molar-refractivity contribution in [3.63, 3.8) is 0 Å². The van der Waals surface area contributed by atoms with Gasteiger partial charge in [-0.2, -0.15) is 0 Å². The lowest BCUT2D eigenvalue weighted by Gasteiger charge is -2.31. The molecule has 1 fully saturated rings. The molecule has 1 N–H and O–H groups in total. The smallest absolute Gasteiger partial charge is 0.409 e. The van der Waals surface area contributed by atoms with Crippen LogP contribution >= 0.6 is 0 Å². The van der Waals surface area contributed by atoms with E-state index in [1.54, 1.807) is 4.90 Å². The van der Waals surface area contributed by atoms with Crippen LogP contribution in [0.3, 0.4) is 0 Å². The number of likely N-dealkylation sites (tertiary alicyclic amines) is 1. The van der Waals surface area contributed by atoms with Crippen molar-refractivity contribution in [3.8, 4) is 11.1 Å². The van der Waals surface area contributed by atoms with Crippen molar-refractivity contribution in [1.29, 1.82) is 0 Å². The zero-order valence-corrected chi connectivity index (χ0v) is 14.1. The van der Waals surface area contributed by atoms with Crippen molar-refractivity contribution < 1.29 is 9.53 Å². The average Bonchev–Trinajstić information content (AvgIpc) is 2.67. The van der Waals surface area contributed by atoms with Crippen LogP contribution in [-0.2, 0) is 11.3 Å². The summed E-state index contributed by atoms with van der Waals surface area (Å²) >= 11 is 0. The van der Waals surface area contributed by atoms with Crippen LogP contribution in [-0.4, -0.2) is 37.2 Å². The van der Waals surface area contributed by atoms with Gasteiger partial charge >= 0.3 is 6.09 Å². The lowest BCUT2D eigenvalue weighted by atomic mass is 10.0. The molecule has 0 aliphatic carbocycles. The van der Waals surface area contributed by atoms with Crippen LogP contribution < -0.4 is 5.32 Å². The first-order valence-electron chi connectivity index (χ1n) is 8.47. The molecule has 2 aromatic rings. The second kappa shape index (κ2) is 7.97. The number of benzene rings is 2. The van der Waals surface area contributed by atoms with Gasteiger partial charge in [0.1, 0.15) is 0 Å². The maximum absolute atomic E-state index is 11.5. The molecular formula is C20H24N2O2. The predicted molar refractivity (Wildman–Crippen MR) is 95.7 cm³/mol. The molecule has 1 aliphatic heterocycles. The highest BCUT2D eigenvalue weighted by Gasteiger charge is 2.22. The fraction of sp³-hybridized carbons (Fsp3) is 0.350. The Bertz CT molecular complexity index is 664. The van der Waals surface area contributed by atoms with Crippen LogP contribution in [0.1, 0.15) is 18.4 Å². The number of nitrogens with one attached hydrogen (secondary N) is 1. The molecule has 0 bridgehead atoms. The topological polar surface area (TPSA) is 41.6 Å². The first kappa shape index (κ1) is 16.5. The average molecular weight is 324 g/mol. The molecular weight excluding hydrogens is 300 g/mol. The van der Waals surface area contributed by atoms with Crippen LogP contribution in [0.5, 0.6) is 0 Å². The number of piperidine rings is 1. The van der Waals surface area contributed by atoms with Gasteiger partial charge in [0, 0.05) is 25.7 Å². The predicted octanol–water partition coefficient (Wildman–Crippen LogP) is 3.67. The van der Waals surface area contributed by atoms with Gasteiger partial charge in [-0.05, 0) is 35.6 Å². The van der Waals surface area contributed by atoms with Crippen molar-refractivity contribution in [2.45, 2.75) is 25.4 Å². The van der Waals surface area contributed by atoms with Crippen molar-refractivity contribution in [2.24, 2.45) is 0 Å². The summed E-state index contributed by atoms with van der Waals surface area (Å²) in [5, 5.41) is 3.62. The second-order valence-electron chi connectivity index (χ2n) is 6.18. The highest BCUT2D eigenvalue weighted by Crippen LogP contribution is 2.20. The lowest BCUT2D eigenvalue weighted by molar-refractivity contribution is 0.109. The number of carbonyl (C=O) groups excluding carboxylic acids is 1. The van der Waals surface area contributed by atoms with Crippen molar-refractivity contribution in [3.05, 3.63) is 60.2 Å². The molecule has 126 valence electrons. The van der Waals surface area contributed by atoms with Gasteiger partial charge in [-0.1, -0.05) is 48.5 Å². The number of carbonyl (C=O) groups is 1. The fourth-order valence-corrected chi connectivity index (χ4v) is 3.15. The van der Waals surface area contributed by atoms with E-state index >= 15 is 0 Å². The van der Waals surface area contributed by atoms with Gasteiger partial charge in [0.25, 0.3) is 0 Å². The Morgan fingerprint density at radius 2 is 1.79 bits per heavy atom. The Morgan fingerprint density at radius 1 is 1.08 bits per heavy atom. The van der Waals surface area contributed by atoms with E-state index in [0.29, 0.717) is 6.04 Å². The van der Waals surface area contributed by atoms with E-state index in [4.69, 9.17) is 4.74 Å². The zero-order chi connectivity index (χ0) is 16.8. The molecule has 2 aromatic carbocycles. The normalized spacial score (nSPS) is 15.3. The van der Waals surface area contributed by atoms with Gasteiger partial charge in [0.2, 0.25) is 0 Å². The zero-order valence-electron chi connectivity index (χ0n) is 14.1. The molecule has 0 saturated carbocycles. The van der Waals surface area contributed by atoms with Crippen LogP contribution in [0.2, 0.25) is 0 Å². The molecule has 0 aromatic heterocycles. The van der Waals surface area contributed by atoms with Crippen LogP contribution in [0.25, 0.3) is 11.1 Å². The Kier molecular flexibility index (Phi) is 5.49. The molecule has 4 heteroatoms. The Labute approximate surface area is 143 Å².